The molecule has 188 valence electrons. The summed E-state index contributed by atoms with van der Waals surface area (Å²) in [4.78, 5) is 17.4. The van der Waals surface area contributed by atoms with E-state index < -0.39 is 11.7 Å². The normalized spacial score (nSPS) is 14.9. The van der Waals surface area contributed by atoms with E-state index in [0.29, 0.717) is 28.4 Å². The first kappa shape index (κ1) is 24.7. The van der Waals surface area contributed by atoms with Crippen molar-refractivity contribution in [2.24, 2.45) is 0 Å². The number of rotatable bonds is 6. The lowest BCUT2D eigenvalue weighted by molar-refractivity contribution is -0.137. The molecule has 1 amide bonds. The van der Waals surface area contributed by atoms with Crippen molar-refractivity contribution >= 4 is 11.6 Å². The minimum Gasteiger partial charge on any atom is -0.322 e. The molecule has 0 saturated heterocycles. The van der Waals surface area contributed by atoms with Crippen LogP contribution in [-0.2, 0) is 25.6 Å². The molecule has 0 unspecified atom stereocenters. The van der Waals surface area contributed by atoms with Gasteiger partial charge in [-0.25, -0.2) is 0 Å². The van der Waals surface area contributed by atoms with Gasteiger partial charge in [0, 0.05) is 36.2 Å². The number of anilines is 1. The van der Waals surface area contributed by atoms with Crippen LogP contribution in [0.5, 0.6) is 0 Å². The molecule has 1 heterocycles. The highest BCUT2D eigenvalue weighted by atomic mass is 19.4. The lowest BCUT2D eigenvalue weighted by Gasteiger charge is -2.15. The zero-order valence-corrected chi connectivity index (χ0v) is 20.3. The lowest BCUT2D eigenvalue weighted by Crippen LogP contribution is -2.28. The molecule has 1 atom stereocenters. The summed E-state index contributed by atoms with van der Waals surface area (Å²) in [5.74, 6) is -0.302. The van der Waals surface area contributed by atoms with Crippen LogP contribution in [0.1, 0.15) is 38.2 Å². The molecule has 1 aliphatic carbocycles. The monoisotopic (exact) mass is 501 g/mol. The van der Waals surface area contributed by atoms with Crippen molar-refractivity contribution < 1.29 is 18.0 Å². The number of aryl methyl sites for hydroxylation is 1. The van der Waals surface area contributed by atoms with Crippen molar-refractivity contribution in [1.82, 2.24) is 10.3 Å². The first-order chi connectivity index (χ1) is 17.8. The number of hydrogen-bond acceptors (Lipinski definition) is 3. The van der Waals surface area contributed by atoms with Gasteiger partial charge >= 0.3 is 6.18 Å². The highest BCUT2D eigenvalue weighted by Gasteiger charge is 2.30. The van der Waals surface area contributed by atoms with Crippen molar-refractivity contribution in [2.45, 2.75) is 38.5 Å². The van der Waals surface area contributed by atoms with Crippen LogP contribution in [0.15, 0.2) is 85.2 Å². The molecular weight excluding hydrogens is 475 g/mol. The van der Waals surface area contributed by atoms with E-state index in [1.165, 1.54) is 28.8 Å². The van der Waals surface area contributed by atoms with E-state index in [-0.39, 0.29) is 5.91 Å². The van der Waals surface area contributed by atoms with Gasteiger partial charge in [-0.1, -0.05) is 30.3 Å². The molecule has 4 nitrogen and oxygen atoms in total. The number of carbonyl (C=O) groups is 1. The van der Waals surface area contributed by atoms with Gasteiger partial charge in [-0.05, 0) is 95.6 Å². The van der Waals surface area contributed by atoms with Crippen LogP contribution in [-0.4, -0.2) is 16.9 Å². The van der Waals surface area contributed by atoms with Crippen molar-refractivity contribution in [1.29, 1.82) is 0 Å². The molecule has 0 spiro atoms. The van der Waals surface area contributed by atoms with Gasteiger partial charge in [0.2, 0.25) is 0 Å². The summed E-state index contributed by atoms with van der Waals surface area (Å²) < 4.78 is 39.1. The van der Waals surface area contributed by atoms with Crippen LogP contribution in [0, 0.1) is 6.92 Å². The molecule has 0 fully saturated rings. The maximum absolute atomic E-state index is 13.3. The van der Waals surface area contributed by atoms with Crippen molar-refractivity contribution in [2.75, 3.05) is 5.32 Å². The molecule has 7 heteroatoms. The predicted octanol–water partition coefficient (Wildman–Crippen LogP) is 6.59. The van der Waals surface area contributed by atoms with Gasteiger partial charge in [-0.2, -0.15) is 13.2 Å². The van der Waals surface area contributed by atoms with E-state index in [9.17, 15) is 18.0 Å². The Morgan fingerprint density at radius 2 is 1.68 bits per heavy atom. The number of nitrogens with zero attached hydrogens (tertiary/aromatic N) is 1. The van der Waals surface area contributed by atoms with E-state index >= 15 is 0 Å². The summed E-state index contributed by atoms with van der Waals surface area (Å²) in [5.41, 5.74) is 6.01. The van der Waals surface area contributed by atoms with Gasteiger partial charge < -0.3 is 10.6 Å². The van der Waals surface area contributed by atoms with E-state index in [1.54, 1.807) is 24.5 Å². The summed E-state index contributed by atoms with van der Waals surface area (Å²) in [6.45, 7) is 2.61. The van der Waals surface area contributed by atoms with Gasteiger partial charge in [-0.15, -0.1) is 0 Å². The molecule has 37 heavy (non-hydrogen) atoms. The highest BCUT2D eigenvalue weighted by Crippen LogP contribution is 2.34. The average Bonchev–Trinajstić information content (AvgIpc) is 3.30. The minimum atomic E-state index is -4.41. The molecule has 0 saturated carbocycles. The fourth-order valence-corrected chi connectivity index (χ4v) is 4.87. The van der Waals surface area contributed by atoms with E-state index in [0.717, 1.165) is 37.1 Å². The van der Waals surface area contributed by atoms with Gasteiger partial charge in [0.1, 0.15) is 0 Å². The SMILES string of the molecule is Cc1cccc(C(=O)Nc2ccc3c(c2)C[C@@H](NCc2ccncc2)C3)c1-c1ccc(C(F)(F)F)cc1. The van der Waals surface area contributed by atoms with Gasteiger partial charge in [-0.3, -0.25) is 9.78 Å². The first-order valence-corrected chi connectivity index (χ1v) is 12.1. The summed E-state index contributed by atoms with van der Waals surface area (Å²) in [6, 6.07) is 20.5. The summed E-state index contributed by atoms with van der Waals surface area (Å²) >= 11 is 0. The molecule has 3 aromatic carbocycles. The molecule has 5 rings (SSSR count). The molecule has 1 aromatic heterocycles. The van der Waals surface area contributed by atoms with Crippen LogP contribution in [0.4, 0.5) is 18.9 Å². The van der Waals surface area contributed by atoms with Crippen LogP contribution in [0.3, 0.4) is 0 Å². The number of alkyl halides is 3. The van der Waals surface area contributed by atoms with Crippen molar-refractivity contribution in [3.63, 3.8) is 0 Å². The second kappa shape index (κ2) is 10.2. The zero-order chi connectivity index (χ0) is 26.0. The smallest absolute Gasteiger partial charge is 0.322 e. The van der Waals surface area contributed by atoms with Crippen LogP contribution in [0.25, 0.3) is 11.1 Å². The molecule has 2 N–H and O–H groups in total. The molecule has 1 aliphatic rings. The summed E-state index contributed by atoms with van der Waals surface area (Å²) in [7, 11) is 0. The van der Waals surface area contributed by atoms with Gasteiger partial charge in [0.15, 0.2) is 0 Å². The molecule has 0 aliphatic heterocycles. The van der Waals surface area contributed by atoms with Gasteiger partial charge in [0.25, 0.3) is 5.91 Å². The van der Waals surface area contributed by atoms with E-state index in [1.807, 2.05) is 43.3 Å². The van der Waals surface area contributed by atoms with Crippen LogP contribution < -0.4 is 10.6 Å². The molecular formula is C30H26F3N3O. The Hall–Kier alpha value is -3.97. The van der Waals surface area contributed by atoms with Crippen molar-refractivity contribution in [3.8, 4) is 11.1 Å². The topological polar surface area (TPSA) is 54.0 Å². The highest BCUT2D eigenvalue weighted by molar-refractivity contribution is 6.09. The molecule has 4 aromatic rings. The largest absolute Gasteiger partial charge is 0.416 e. The zero-order valence-electron chi connectivity index (χ0n) is 20.3. The third-order valence-corrected chi connectivity index (χ3v) is 6.76. The third-order valence-electron chi connectivity index (χ3n) is 6.76. The van der Waals surface area contributed by atoms with E-state index in [2.05, 4.69) is 15.6 Å². The maximum Gasteiger partial charge on any atom is 0.416 e. The first-order valence-electron chi connectivity index (χ1n) is 12.1. The Morgan fingerprint density at radius 3 is 2.41 bits per heavy atom. The molecule has 0 radical (unpaired) electrons. The third kappa shape index (κ3) is 5.57. The van der Waals surface area contributed by atoms with Gasteiger partial charge in [0.05, 0.1) is 5.56 Å². The Kier molecular flexibility index (Phi) is 6.80. The number of nitrogens with one attached hydrogen (secondary N) is 2. The number of hydrogen-bond donors (Lipinski definition) is 2. The second-order valence-corrected chi connectivity index (χ2v) is 9.35. The Bertz CT molecular complexity index is 1420. The molecule has 0 bridgehead atoms. The lowest BCUT2D eigenvalue weighted by atomic mass is 9.93. The Balaban J connectivity index is 1.31. The van der Waals surface area contributed by atoms with E-state index in [4.69, 9.17) is 0 Å². The fourth-order valence-electron chi connectivity index (χ4n) is 4.87. The number of halogens is 3. The Labute approximate surface area is 213 Å². The summed E-state index contributed by atoms with van der Waals surface area (Å²) in [5, 5.41) is 6.58. The number of amides is 1. The number of carbonyl (C=O) groups excluding carboxylic acids is 1. The summed E-state index contributed by atoms with van der Waals surface area (Å²) in [6.07, 6.45) is 0.945. The average molecular weight is 502 g/mol. The number of fused-ring (bicyclic) bond motifs is 1. The Morgan fingerprint density at radius 1 is 0.946 bits per heavy atom. The number of benzene rings is 3. The number of aromatic nitrogens is 1. The quantitative estimate of drug-likeness (QED) is 0.314. The van der Waals surface area contributed by atoms with Crippen molar-refractivity contribution in [3.05, 3.63) is 119 Å². The minimum absolute atomic E-state index is 0.302. The van der Waals surface area contributed by atoms with Crippen LogP contribution in [0.2, 0.25) is 0 Å². The fraction of sp³-hybridized carbons (Fsp3) is 0.200. The standard InChI is InChI=1S/C30H26F3N3O/c1-19-3-2-4-27(28(19)21-5-8-24(9-6-21)30(31,32)33)29(37)36-25-10-7-22-15-26(17-23(22)16-25)35-18-20-11-13-34-14-12-20/h2-14,16,26,35H,15,17-18H2,1H3,(H,36,37)/t26-/m0/s1. The number of pyridine rings is 1. The maximum atomic E-state index is 13.3. The predicted molar refractivity (Wildman–Crippen MR) is 138 cm³/mol. The second-order valence-electron chi connectivity index (χ2n) is 9.35. The van der Waals surface area contributed by atoms with Crippen LogP contribution >= 0.6 is 0 Å².